The van der Waals surface area contributed by atoms with Gasteiger partial charge in [0, 0.05) is 6.54 Å². The molecular weight excluding hydrogens is 342 g/mol. The van der Waals surface area contributed by atoms with E-state index in [-0.39, 0.29) is 0 Å². The standard InChI is InChI=1S/C15H23BrClNO2/c1-3-4-5-18-6-7-19-8-9-20-15-13(16)10-12(2)11-14(15)17/h10-11,18H,3-9H2,1-2H3. The number of unbranched alkanes of at least 4 members (excludes halogenated alkanes) is 1. The summed E-state index contributed by atoms with van der Waals surface area (Å²) in [5.74, 6) is 0.682. The van der Waals surface area contributed by atoms with Crippen LogP contribution in [0.15, 0.2) is 16.6 Å². The van der Waals surface area contributed by atoms with E-state index < -0.39 is 0 Å². The predicted molar refractivity (Wildman–Crippen MR) is 88.0 cm³/mol. The number of aryl methyl sites for hydroxylation is 1. The highest BCUT2D eigenvalue weighted by Gasteiger charge is 2.07. The molecular formula is C15H23BrClNO2. The van der Waals surface area contributed by atoms with Gasteiger partial charge in [-0.2, -0.15) is 0 Å². The Balaban J connectivity index is 2.13. The van der Waals surface area contributed by atoms with Crippen LogP contribution in [-0.4, -0.2) is 32.9 Å². The van der Waals surface area contributed by atoms with E-state index in [0.717, 1.165) is 23.1 Å². The van der Waals surface area contributed by atoms with Crippen molar-refractivity contribution in [3.8, 4) is 5.75 Å². The van der Waals surface area contributed by atoms with E-state index in [2.05, 4.69) is 28.2 Å². The normalized spacial score (nSPS) is 10.8. The number of rotatable bonds is 10. The van der Waals surface area contributed by atoms with Crippen LogP contribution in [0, 0.1) is 6.92 Å². The van der Waals surface area contributed by atoms with Crippen LogP contribution in [0.1, 0.15) is 25.3 Å². The fourth-order valence-corrected chi connectivity index (χ4v) is 2.83. The minimum atomic E-state index is 0.496. The number of hydrogen-bond acceptors (Lipinski definition) is 3. The van der Waals surface area contributed by atoms with Crippen LogP contribution in [0.5, 0.6) is 5.75 Å². The third-order valence-corrected chi connectivity index (χ3v) is 3.62. The van der Waals surface area contributed by atoms with E-state index in [0.29, 0.717) is 30.6 Å². The zero-order valence-corrected chi connectivity index (χ0v) is 14.5. The van der Waals surface area contributed by atoms with Crippen molar-refractivity contribution in [2.75, 3.05) is 32.9 Å². The van der Waals surface area contributed by atoms with Gasteiger partial charge in [0.15, 0.2) is 5.75 Å². The van der Waals surface area contributed by atoms with E-state index >= 15 is 0 Å². The minimum absolute atomic E-state index is 0.496. The molecule has 0 saturated carbocycles. The van der Waals surface area contributed by atoms with Crippen molar-refractivity contribution in [3.05, 3.63) is 27.2 Å². The first-order valence-electron chi connectivity index (χ1n) is 7.02. The summed E-state index contributed by atoms with van der Waals surface area (Å²) in [6.07, 6.45) is 2.43. The molecule has 1 rings (SSSR count). The van der Waals surface area contributed by atoms with Crippen LogP contribution in [-0.2, 0) is 4.74 Å². The van der Waals surface area contributed by atoms with Crippen LogP contribution in [0.2, 0.25) is 5.02 Å². The molecule has 0 aliphatic carbocycles. The number of hydrogen-bond donors (Lipinski definition) is 1. The lowest BCUT2D eigenvalue weighted by molar-refractivity contribution is 0.102. The zero-order valence-electron chi connectivity index (χ0n) is 12.2. The van der Waals surface area contributed by atoms with E-state index in [1.807, 2.05) is 19.1 Å². The molecule has 0 atom stereocenters. The van der Waals surface area contributed by atoms with Gasteiger partial charge in [-0.05, 0) is 53.5 Å². The highest BCUT2D eigenvalue weighted by molar-refractivity contribution is 9.10. The molecule has 3 nitrogen and oxygen atoms in total. The predicted octanol–water partition coefficient (Wildman–Crippen LogP) is 4.20. The van der Waals surface area contributed by atoms with Crippen molar-refractivity contribution in [3.63, 3.8) is 0 Å². The molecule has 5 heteroatoms. The van der Waals surface area contributed by atoms with Gasteiger partial charge in [-0.15, -0.1) is 0 Å². The van der Waals surface area contributed by atoms with Crippen LogP contribution in [0.3, 0.4) is 0 Å². The first-order chi connectivity index (χ1) is 9.65. The average Bonchev–Trinajstić information content (AvgIpc) is 2.39. The third-order valence-electron chi connectivity index (χ3n) is 2.75. The summed E-state index contributed by atoms with van der Waals surface area (Å²) < 4.78 is 12.0. The van der Waals surface area contributed by atoms with Gasteiger partial charge >= 0.3 is 0 Å². The second kappa shape index (κ2) is 10.4. The highest BCUT2D eigenvalue weighted by Crippen LogP contribution is 2.34. The number of nitrogens with one attached hydrogen (secondary N) is 1. The van der Waals surface area contributed by atoms with Crippen molar-refractivity contribution in [1.29, 1.82) is 0 Å². The molecule has 114 valence electrons. The van der Waals surface area contributed by atoms with Gasteiger partial charge in [-0.3, -0.25) is 0 Å². The second-order valence-electron chi connectivity index (χ2n) is 4.62. The Labute approximate surface area is 135 Å². The van der Waals surface area contributed by atoms with Crippen LogP contribution in [0.25, 0.3) is 0 Å². The summed E-state index contributed by atoms with van der Waals surface area (Å²) in [5.41, 5.74) is 1.10. The lowest BCUT2D eigenvalue weighted by Crippen LogP contribution is -2.21. The number of halogens is 2. The van der Waals surface area contributed by atoms with E-state index in [9.17, 15) is 0 Å². The quantitative estimate of drug-likeness (QED) is 0.631. The zero-order chi connectivity index (χ0) is 14.8. The first kappa shape index (κ1) is 17.8. The molecule has 1 N–H and O–H groups in total. The van der Waals surface area contributed by atoms with Gasteiger partial charge in [0.2, 0.25) is 0 Å². The maximum Gasteiger partial charge on any atom is 0.152 e. The summed E-state index contributed by atoms with van der Waals surface area (Å²) in [6, 6.07) is 3.87. The van der Waals surface area contributed by atoms with Gasteiger partial charge in [-0.1, -0.05) is 24.9 Å². The van der Waals surface area contributed by atoms with E-state index in [4.69, 9.17) is 21.1 Å². The molecule has 0 spiro atoms. The molecule has 0 saturated heterocycles. The Bertz CT molecular complexity index is 378. The first-order valence-corrected chi connectivity index (χ1v) is 8.19. The van der Waals surface area contributed by atoms with Crippen LogP contribution < -0.4 is 10.1 Å². The van der Waals surface area contributed by atoms with Crippen molar-refractivity contribution < 1.29 is 9.47 Å². The number of ether oxygens (including phenoxy) is 2. The van der Waals surface area contributed by atoms with Gasteiger partial charge < -0.3 is 14.8 Å². The van der Waals surface area contributed by atoms with Crippen molar-refractivity contribution in [2.45, 2.75) is 26.7 Å². The van der Waals surface area contributed by atoms with Gasteiger partial charge in [0.1, 0.15) is 6.61 Å². The molecule has 1 aromatic rings. The Morgan fingerprint density at radius 1 is 1.20 bits per heavy atom. The highest BCUT2D eigenvalue weighted by atomic mass is 79.9. The van der Waals surface area contributed by atoms with Crippen molar-refractivity contribution >= 4 is 27.5 Å². The molecule has 0 aliphatic rings. The largest absolute Gasteiger partial charge is 0.488 e. The lowest BCUT2D eigenvalue weighted by atomic mass is 10.2. The Morgan fingerprint density at radius 2 is 2.00 bits per heavy atom. The average molecular weight is 365 g/mol. The fraction of sp³-hybridized carbons (Fsp3) is 0.600. The molecule has 20 heavy (non-hydrogen) atoms. The molecule has 0 fully saturated rings. The fourth-order valence-electron chi connectivity index (χ4n) is 1.70. The molecule has 0 aromatic heterocycles. The summed E-state index contributed by atoms with van der Waals surface area (Å²) in [4.78, 5) is 0. The molecule has 0 radical (unpaired) electrons. The molecule has 0 aliphatic heterocycles. The second-order valence-corrected chi connectivity index (χ2v) is 5.88. The van der Waals surface area contributed by atoms with E-state index in [1.54, 1.807) is 0 Å². The third kappa shape index (κ3) is 6.93. The van der Waals surface area contributed by atoms with Gasteiger partial charge in [0.05, 0.1) is 22.7 Å². The monoisotopic (exact) mass is 363 g/mol. The van der Waals surface area contributed by atoms with Gasteiger partial charge in [0.25, 0.3) is 0 Å². The summed E-state index contributed by atoms with van der Waals surface area (Å²) in [7, 11) is 0. The Morgan fingerprint density at radius 3 is 2.70 bits per heavy atom. The summed E-state index contributed by atoms with van der Waals surface area (Å²) in [6.45, 7) is 7.88. The van der Waals surface area contributed by atoms with Crippen molar-refractivity contribution in [1.82, 2.24) is 5.32 Å². The summed E-state index contributed by atoms with van der Waals surface area (Å²) in [5, 5.41) is 3.95. The molecule has 0 unspecified atom stereocenters. The molecule has 0 amide bonds. The van der Waals surface area contributed by atoms with Gasteiger partial charge in [-0.25, -0.2) is 0 Å². The minimum Gasteiger partial charge on any atom is -0.488 e. The molecule has 0 bridgehead atoms. The Hall–Kier alpha value is -0.290. The maximum absolute atomic E-state index is 6.14. The number of benzene rings is 1. The Kier molecular flexibility index (Phi) is 9.27. The van der Waals surface area contributed by atoms with Crippen molar-refractivity contribution in [2.24, 2.45) is 0 Å². The lowest BCUT2D eigenvalue weighted by Gasteiger charge is -2.11. The maximum atomic E-state index is 6.14. The topological polar surface area (TPSA) is 30.5 Å². The van der Waals surface area contributed by atoms with Crippen LogP contribution >= 0.6 is 27.5 Å². The van der Waals surface area contributed by atoms with Crippen LogP contribution in [0.4, 0.5) is 0 Å². The van der Waals surface area contributed by atoms with E-state index in [1.165, 1.54) is 12.8 Å². The SMILES string of the molecule is CCCCNCCOCCOc1c(Cl)cc(C)cc1Br. The summed E-state index contributed by atoms with van der Waals surface area (Å²) >= 11 is 9.60. The molecule has 0 heterocycles. The smallest absolute Gasteiger partial charge is 0.152 e. The molecule has 1 aromatic carbocycles.